The molecular weight excluding hydrogens is 224 g/mol. The van der Waals surface area contributed by atoms with Crippen molar-refractivity contribution in [3.8, 4) is 18.0 Å². The van der Waals surface area contributed by atoms with Gasteiger partial charge >= 0.3 is 0 Å². The molecule has 0 spiro atoms. The highest BCUT2D eigenvalue weighted by Crippen LogP contribution is 2.05. The quantitative estimate of drug-likeness (QED) is 0.828. The number of hydrogen-bond donors (Lipinski definition) is 1. The van der Waals surface area contributed by atoms with Crippen LogP contribution >= 0.6 is 0 Å². The Balaban J connectivity index is 2.06. The third kappa shape index (κ3) is 2.96. The fourth-order valence-corrected chi connectivity index (χ4v) is 1.42. The van der Waals surface area contributed by atoms with Crippen molar-refractivity contribution >= 4 is 0 Å². The van der Waals surface area contributed by atoms with Crippen LogP contribution in [0.25, 0.3) is 5.69 Å². The number of rotatable bonds is 4. The molecule has 1 N–H and O–H groups in total. The third-order valence-corrected chi connectivity index (χ3v) is 2.60. The van der Waals surface area contributed by atoms with Crippen molar-refractivity contribution < 1.29 is 0 Å². The Labute approximate surface area is 107 Å². The maximum Gasteiger partial charge on any atom is 0.0969 e. The van der Waals surface area contributed by atoms with E-state index in [4.69, 9.17) is 6.42 Å². The van der Waals surface area contributed by atoms with E-state index in [2.05, 4.69) is 21.4 Å². The Morgan fingerprint density at radius 1 is 1.33 bits per heavy atom. The van der Waals surface area contributed by atoms with E-state index in [1.165, 1.54) is 0 Å². The molecule has 1 aromatic heterocycles. The Morgan fingerprint density at radius 3 is 2.72 bits per heavy atom. The van der Waals surface area contributed by atoms with Crippen molar-refractivity contribution in [1.29, 1.82) is 0 Å². The van der Waals surface area contributed by atoms with Crippen LogP contribution in [-0.4, -0.2) is 20.5 Å². The molecule has 0 fully saturated rings. The van der Waals surface area contributed by atoms with E-state index in [9.17, 15) is 0 Å². The van der Waals surface area contributed by atoms with Crippen LogP contribution < -0.4 is 5.32 Å². The van der Waals surface area contributed by atoms with Crippen LogP contribution in [0.3, 0.4) is 0 Å². The summed E-state index contributed by atoms with van der Waals surface area (Å²) in [7, 11) is 0. The van der Waals surface area contributed by atoms with Crippen LogP contribution in [0.15, 0.2) is 36.5 Å². The van der Waals surface area contributed by atoms with E-state index < -0.39 is 0 Å². The summed E-state index contributed by atoms with van der Waals surface area (Å²) in [5.74, 6) is 2.68. The molecule has 1 heterocycles. The van der Waals surface area contributed by atoms with Crippen molar-refractivity contribution in [2.45, 2.75) is 25.9 Å². The van der Waals surface area contributed by atoms with Crippen LogP contribution in [0, 0.1) is 12.3 Å². The summed E-state index contributed by atoms with van der Waals surface area (Å²) in [5.41, 5.74) is 1.47. The summed E-state index contributed by atoms with van der Waals surface area (Å²) in [5, 5.41) is 11.9. The fourth-order valence-electron chi connectivity index (χ4n) is 1.42. The standard InChI is InChI=1S/C14H16N4/c1-4-14(2,3)15-10-12-11-16-18(17-12)13-8-6-5-7-9-13/h1,5-9,11,15H,10H2,2-3H3. The highest BCUT2D eigenvalue weighted by atomic mass is 15.5. The number of benzene rings is 1. The summed E-state index contributed by atoms with van der Waals surface area (Å²) in [6.07, 6.45) is 7.16. The summed E-state index contributed by atoms with van der Waals surface area (Å²) < 4.78 is 0. The molecule has 0 radical (unpaired) electrons. The van der Waals surface area contributed by atoms with Crippen LogP contribution in [0.2, 0.25) is 0 Å². The number of terminal acetylenes is 1. The minimum atomic E-state index is -0.337. The number of hydrogen-bond acceptors (Lipinski definition) is 3. The maximum absolute atomic E-state index is 5.41. The van der Waals surface area contributed by atoms with Gasteiger partial charge in [-0.25, -0.2) is 0 Å². The molecule has 0 aliphatic heterocycles. The third-order valence-electron chi connectivity index (χ3n) is 2.60. The van der Waals surface area contributed by atoms with Gasteiger partial charge in [0.1, 0.15) is 0 Å². The molecule has 0 amide bonds. The zero-order valence-corrected chi connectivity index (χ0v) is 10.6. The molecule has 0 aliphatic rings. The molecule has 2 rings (SSSR count). The van der Waals surface area contributed by atoms with Gasteiger partial charge in [-0.3, -0.25) is 5.32 Å². The van der Waals surface area contributed by atoms with Crippen molar-refractivity contribution in [2.75, 3.05) is 0 Å². The fraction of sp³-hybridized carbons (Fsp3) is 0.286. The molecule has 4 heteroatoms. The normalized spacial score (nSPS) is 11.2. The lowest BCUT2D eigenvalue weighted by atomic mass is 10.1. The first-order valence-electron chi connectivity index (χ1n) is 5.80. The van der Waals surface area contributed by atoms with E-state index in [1.807, 2.05) is 44.2 Å². The maximum atomic E-state index is 5.41. The molecule has 0 saturated carbocycles. The SMILES string of the molecule is C#CC(C)(C)NCc1cnn(-c2ccccc2)n1. The number of aromatic nitrogens is 3. The van der Waals surface area contributed by atoms with Gasteiger partial charge in [0.15, 0.2) is 0 Å². The molecule has 18 heavy (non-hydrogen) atoms. The zero-order chi connectivity index (χ0) is 13.0. The number of nitrogens with zero attached hydrogens (tertiary/aromatic N) is 3. The molecule has 0 saturated heterocycles. The predicted octanol–water partition coefficient (Wildman–Crippen LogP) is 1.77. The molecule has 0 unspecified atom stereocenters. The van der Waals surface area contributed by atoms with Gasteiger partial charge in [-0.05, 0) is 26.0 Å². The number of para-hydroxylation sites is 1. The topological polar surface area (TPSA) is 42.7 Å². The summed E-state index contributed by atoms with van der Waals surface area (Å²) in [6, 6.07) is 9.80. The van der Waals surface area contributed by atoms with Gasteiger partial charge in [0, 0.05) is 6.54 Å². The highest BCUT2D eigenvalue weighted by Gasteiger charge is 2.13. The summed E-state index contributed by atoms with van der Waals surface area (Å²) >= 11 is 0. The molecule has 2 aromatic rings. The predicted molar refractivity (Wildman–Crippen MR) is 71.1 cm³/mol. The van der Waals surface area contributed by atoms with Gasteiger partial charge in [0.2, 0.25) is 0 Å². The van der Waals surface area contributed by atoms with Gasteiger partial charge in [0.25, 0.3) is 0 Å². The van der Waals surface area contributed by atoms with Crippen molar-refractivity contribution in [3.63, 3.8) is 0 Å². The Morgan fingerprint density at radius 2 is 2.06 bits per heavy atom. The van der Waals surface area contributed by atoms with Crippen molar-refractivity contribution in [2.24, 2.45) is 0 Å². The van der Waals surface area contributed by atoms with Crippen molar-refractivity contribution in [3.05, 3.63) is 42.2 Å². The van der Waals surface area contributed by atoms with Gasteiger partial charge in [-0.2, -0.15) is 15.0 Å². The van der Waals surface area contributed by atoms with Gasteiger partial charge < -0.3 is 0 Å². The monoisotopic (exact) mass is 240 g/mol. The first-order chi connectivity index (χ1) is 8.61. The molecule has 92 valence electrons. The molecule has 4 nitrogen and oxygen atoms in total. The Bertz CT molecular complexity index is 549. The first kappa shape index (κ1) is 12.3. The Kier molecular flexibility index (Phi) is 3.45. The smallest absolute Gasteiger partial charge is 0.0969 e. The highest BCUT2D eigenvalue weighted by molar-refractivity contribution is 5.28. The Hall–Kier alpha value is -2.12. The van der Waals surface area contributed by atoms with Crippen LogP contribution in [0.5, 0.6) is 0 Å². The van der Waals surface area contributed by atoms with Crippen LogP contribution in [0.4, 0.5) is 0 Å². The van der Waals surface area contributed by atoms with E-state index in [-0.39, 0.29) is 5.54 Å². The van der Waals surface area contributed by atoms with Gasteiger partial charge in [0.05, 0.1) is 23.1 Å². The lowest BCUT2D eigenvalue weighted by Gasteiger charge is -2.18. The van der Waals surface area contributed by atoms with Crippen LogP contribution in [0.1, 0.15) is 19.5 Å². The second-order valence-electron chi connectivity index (χ2n) is 4.58. The molecule has 1 aromatic carbocycles. The lowest BCUT2D eigenvalue weighted by molar-refractivity contribution is 0.485. The second-order valence-corrected chi connectivity index (χ2v) is 4.58. The minimum absolute atomic E-state index is 0.337. The second kappa shape index (κ2) is 5.03. The van der Waals surface area contributed by atoms with Gasteiger partial charge in [-0.1, -0.05) is 24.1 Å². The van der Waals surface area contributed by atoms with Gasteiger partial charge in [-0.15, -0.1) is 6.42 Å². The molecular formula is C14H16N4. The summed E-state index contributed by atoms with van der Waals surface area (Å²) in [6.45, 7) is 4.51. The average molecular weight is 240 g/mol. The average Bonchev–Trinajstić information content (AvgIpc) is 2.86. The first-order valence-corrected chi connectivity index (χ1v) is 5.80. The van der Waals surface area contributed by atoms with E-state index >= 15 is 0 Å². The lowest BCUT2D eigenvalue weighted by Crippen LogP contribution is -2.37. The minimum Gasteiger partial charge on any atom is -0.296 e. The molecule has 0 aliphatic carbocycles. The molecule has 0 bridgehead atoms. The van der Waals surface area contributed by atoms with E-state index in [1.54, 1.807) is 11.0 Å². The zero-order valence-electron chi connectivity index (χ0n) is 10.6. The number of nitrogens with one attached hydrogen (secondary N) is 1. The van der Waals surface area contributed by atoms with E-state index in [0.29, 0.717) is 6.54 Å². The van der Waals surface area contributed by atoms with Crippen LogP contribution in [-0.2, 0) is 6.54 Å². The largest absolute Gasteiger partial charge is 0.296 e. The van der Waals surface area contributed by atoms with E-state index in [0.717, 1.165) is 11.4 Å². The summed E-state index contributed by atoms with van der Waals surface area (Å²) in [4.78, 5) is 1.61. The molecule has 0 atom stereocenters. The van der Waals surface area contributed by atoms with Crippen molar-refractivity contribution in [1.82, 2.24) is 20.3 Å².